The highest BCUT2D eigenvalue weighted by Crippen LogP contribution is 2.27. The topological polar surface area (TPSA) is 60.4 Å². The van der Waals surface area contributed by atoms with Crippen molar-refractivity contribution in [2.75, 3.05) is 0 Å². The van der Waals surface area contributed by atoms with Crippen LogP contribution < -0.4 is 0 Å². The van der Waals surface area contributed by atoms with E-state index in [-0.39, 0.29) is 5.02 Å². The molecule has 0 bridgehead atoms. The van der Waals surface area contributed by atoms with Crippen molar-refractivity contribution in [1.29, 1.82) is 0 Å². The molecule has 0 aliphatic rings. The second kappa shape index (κ2) is 6.74. The quantitative estimate of drug-likeness (QED) is 0.603. The Kier molecular flexibility index (Phi) is 5.79. The molecular weight excluding hydrogens is 330 g/mol. The summed E-state index contributed by atoms with van der Waals surface area (Å²) < 4.78 is 41.5. The highest BCUT2D eigenvalue weighted by atomic mass is 35.7. The maximum absolute atomic E-state index is 14.0. The number of carbonyl (C=O) groups is 1. The van der Waals surface area contributed by atoms with Crippen molar-refractivity contribution in [2.45, 2.75) is 37.7 Å². The molecule has 112 valence electrons. The smallest absolute Gasteiger partial charge is 0.341 e. The van der Waals surface area contributed by atoms with E-state index in [0.29, 0.717) is 6.42 Å². The predicted molar refractivity (Wildman–Crippen MR) is 74.2 cm³/mol. The molecule has 0 aliphatic carbocycles. The molecule has 8 heteroatoms. The molecule has 1 atom stereocenters. The normalized spacial score (nSPS) is 13.1. The monoisotopic (exact) mass is 342 g/mol. The zero-order valence-electron chi connectivity index (χ0n) is 10.8. The van der Waals surface area contributed by atoms with Crippen LogP contribution in [-0.4, -0.2) is 20.5 Å². The highest BCUT2D eigenvalue weighted by molar-refractivity contribution is 8.13. The molecular formula is C12H13Cl2FO4S. The maximum Gasteiger partial charge on any atom is 0.341 e. The molecule has 1 aromatic carbocycles. The van der Waals surface area contributed by atoms with Crippen LogP contribution in [-0.2, 0) is 13.8 Å². The fourth-order valence-corrected chi connectivity index (χ4v) is 2.81. The van der Waals surface area contributed by atoms with E-state index in [0.717, 1.165) is 18.6 Å². The van der Waals surface area contributed by atoms with Gasteiger partial charge in [0.2, 0.25) is 0 Å². The third-order valence-electron chi connectivity index (χ3n) is 2.49. The third-order valence-corrected chi connectivity index (χ3v) is 4.03. The van der Waals surface area contributed by atoms with Crippen molar-refractivity contribution in [3.05, 3.63) is 28.5 Å². The maximum atomic E-state index is 14.0. The lowest BCUT2D eigenvalue weighted by Gasteiger charge is -2.13. The first kappa shape index (κ1) is 17.2. The Hall–Kier alpha value is -0.850. The second-order valence-electron chi connectivity index (χ2n) is 4.21. The van der Waals surface area contributed by atoms with Crippen LogP contribution >= 0.6 is 22.3 Å². The molecule has 20 heavy (non-hydrogen) atoms. The molecule has 4 nitrogen and oxygen atoms in total. The molecule has 0 aliphatic heterocycles. The van der Waals surface area contributed by atoms with Crippen LogP contribution in [0.1, 0.15) is 37.0 Å². The van der Waals surface area contributed by atoms with Gasteiger partial charge in [0.15, 0.2) is 5.82 Å². The summed E-state index contributed by atoms with van der Waals surface area (Å²) in [5.74, 6) is -2.24. The average molecular weight is 343 g/mol. The zero-order valence-corrected chi connectivity index (χ0v) is 13.1. The van der Waals surface area contributed by atoms with Crippen molar-refractivity contribution in [1.82, 2.24) is 0 Å². The molecule has 0 aromatic heterocycles. The zero-order chi connectivity index (χ0) is 15.5. The van der Waals surface area contributed by atoms with Gasteiger partial charge in [0.05, 0.1) is 11.7 Å². The molecule has 0 heterocycles. The number of carbonyl (C=O) groups excluding carboxylic acids is 1. The van der Waals surface area contributed by atoms with Crippen LogP contribution in [0.25, 0.3) is 0 Å². The summed E-state index contributed by atoms with van der Waals surface area (Å²) >= 11 is 5.67. The number of halogens is 3. The Morgan fingerprint density at radius 1 is 1.45 bits per heavy atom. The van der Waals surface area contributed by atoms with Crippen LogP contribution in [0.2, 0.25) is 5.02 Å². The lowest BCUT2D eigenvalue weighted by atomic mass is 10.2. The number of esters is 1. The van der Waals surface area contributed by atoms with Gasteiger partial charge in [-0.3, -0.25) is 0 Å². The highest BCUT2D eigenvalue weighted by Gasteiger charge is 2.25. The van der Waals surface area contributed by atoms with Gasteiger partial charge in [-0.15, -0.1) is 0 Å². The minimum absolute atomic E-state index is 0.124. The van der Waals surface area contributed by atoms with Gasteiger partial charge < -0.3 is 4.74 Å². The van der Waals surface area contributed by atoms with Crippen LogP contribution in [0.3, 0.4) is 0 Å². The van der Waals surface area contributed by atoms with Crippen LogP contribution in [0.5, 0.6) is 0 Å². The van der Waals surface area contributed by atoms with Gasteiger partial charge in [-0.25, -0.2) is 17.6 Å². The van der Waals surface area contributed by atoms with E-state index in [4.69, 9.17) is 27.0 Å². The number of benzene rings is 1. The predicted octanol–water partition coefficient (Wildman–Crippen LogP) is 3.75. The first-order valence-electron chi connectivity index (χ1n) is 5.81. The lowest BCUT2D eigenvalue weighted by molar-refractivity contribution is 0.0317. The van der Waals surface area contributed by atoms with Crippen molar-refractivity contribution < 1.29 is 22.3 Å². The Bertz CT molecular complexity index is 616. The van der Waals surface area contributed by atoms with E-state index in [2.05, 4.69) is 0 Å². The number of rotatable bonds is 5. The molecule has 0 saturated heterocycles. The van der Waals surface area contributed by atoms with Crippen molar-refractivity contribution in [3.8, 4) is 0 Å². The van der Waals surface area contributed by atoms with Gasteiger partial charge in [-0.05, 0) is 25.5 Å². The van der Waals surface area contributed by atoms with E-state index in [1.807, 2.05) is 6.92 Å². The SMILES string of the molecule is CCCC(C)OC(=O)c1cc(Cl)cc(S(=O)(=O)Cl)c1F. The molecule has 1 aromatic rings. The molecule has 0 amide bonds. The number of hydrogen-bond acceptors (Lipinski definition) is 4. The minimum Gasteiger partial charge on any atom is -0.459 e. The fourth-order valence-electron chi connectivity index (χ4n) is 1.60. The Morgan fingerprint density at radius 2 is 2.05 bits per heavy atom. The Labute approximate surface area is 126 Å². The largest absolute Gasteiger partial charge is 0.459 e. The molecule has 0 radical (unpaired) electrons. The summed E-state index contributed by atoms with van der Waals surface area (Å²) in [5.41, 5.74) is -0.556. The Morgan fingerprint density at radius 3 is 2.55 bits per heavy atom. The van der Waals surface area contributed by atoms with E-state index >= 15 is 0 Å². The summed E-state index contributed by atoms with van der Waals surface area (Å²) in [6, 6.07) is 1.84. The van der Waals surface area contributed by atoms with E-state index in [1.54, 1.807) is 6.92 Å². The standard InChI is InChI=1S/C12H13Cl2FO4S/c1-3-4-7(2)19-12(16)9-5-8(13)6-10(11(9)15)20(14,17)18/h5-7H,3-4H2,1-2H3. The fraction of sp³-hybridized carbons (Fsp3) is 0.417. The molecule has 1 unspecified atom stereocenters. The molecule has 0 fully saturated rings. The lowest BCUT2D eigenvalue weighted by Crippen LogP contribution is -2.17. The van der Waals surface area contributed by atoms with Crippen LogP contribution in [0.4, 0.5) is 4.39 Å². The van der Waals surface area contributed by atoms with Gasteiger partial charge in [0.1, 0.15) is 4.90 Å². The van der Waals surface area contributed by atoms with Gasteiger partial charge in [-0.1, -0.05) is 24.9 Å². The number of ether oxygens (including phenoxy) is 1. The summed E-state index contributed by atoms with van der Waals surface area (Å²) in [7, 11) is 0.744. The molecule has 0 saturated carbocycles. The van der Waals surface area contributed by atoms with E-state index < -0.39 is 37.4 Å². The summed E-state index contributed by atoms with van der Waals surface area (Å²) in [5, 5.41) is -0.124. The molecule has 0 N–H and O–H groups in total. The van der Waals surface area contributed by atoms with Crippen molar-refractivity contribution in [3.63, 3.8) is 0 Å². The van der Waals surface area contributed by atoms with Gasteiger partial charge in [0.25, 0.3) is 9.05 Å². The third kappa shape index (κ3) is 4.33. The van der Waals surface area contributed by atoms with Gasteiger partial charge in [0, 0.05) is 15.7 Å². The summed E-state index contributed by atoms with van der Waals surface area (Å²) in [6.07, 6.45) is 0.976. The van der Waals surface area contributed by atoms with Crippen molar-refractivity contribution in [2.24, 2.45) is 0 Å². The van der Waals surface area contributed by atoms with Crippen LogP contribution in [0.15, 0.2) is 17.0 Å². The van der Waals surface area contributed by atoms with Gasteiger partial charge >= 0.3 is 5.97 Å². The molecule has 1 rings (SSSR count). The number of hydrogen-bond donors (Lipinski definition) is 0. The van der Waals surface area contributed by atoms with Crippen LogP contribution in [0, 0.1) is 5.82 Å². The van der Waals surface area contributed by atoms with Gasteiger partial charge in [-0.2, -0.15) is 0 Å². The van der Waals surface area contributed by atoms with Crippen molar-refractivity contribution >= 4 is 37.3 Å². The molecule has 0 spiro atoms. The summed E-state index contributed by atoms with van der Waals surface area (Å²) in [6.45, 7) is 3.56. The second-order valence-corrected chi connectivity index (χ2v) is 7.18. The summed E-state index contributed by atoms with van der Waals surface area (Å²) in [4.78, 5) is 11.0. The van der Waals surface area contributed by atoms with E-state index in [1.165, 1.54) is 0 Å². The first-order valence-corrected chi connectivity index (χ1v) is 8.50. The minimum atomic E-state index is -4.35. The first-order chi connectivity index (χ1) is 9.16. The Balaban J connectivity index is 3.19. The van der Waals surface area contributed by atoms with E-state index in [9.17, 15) is 17.6 Å². The average Bonchev–Trinajstić information content (AvgIpc) is 2.30.